The predicted octanol–water partition coefficient (Wildman–Crippen LogP) is 1.21. The Labute approximate surface area is 108 Å². The first-order valence-corrected chi connectivity index (χ1v) is 5.96. The van der Waals surface area contributed by atoms with Crippen LogP contribution in [0, 0.1) is 0 Å². The molecule has 0 bridgehead atoms. The van der Waals surface area contributed by atoms with Crippen molar-refractivity contribution in [2.24, 2.45) is 0 Å². The number of ether oxygens (including phenoxy) is 2. The van der Waals surface area contributed by atoms with Crippen molar-refractivity contribution >= 4 is 12.1 Å². The van der Waals surface area contributed by atoms with Crippen LogP contribution in [0.5, 0.6) is 0 Å². The molecule has 1 unspecified atom stereocenters. The van der Waals surface area contributed by atoms with E-state index in [0.717, 1.165) is 0 Å². The maximum atomic E-state index is 11.6. The number of amides is 1. The van der Waals surface area contributed by atoms with Crippen molar-refractivity contribution in [3.05, 3.63) is 0 Å². The average Bonchev–Trinajstić information content (AvgIpc) is 2.23. The van der Waals surface area contributed by atoms with Gasteiger partial charge in [-0.2, -0.15) is 0 Å². The van der Waals surface area contributed by atoms with Gasteiger partial charge in [0.15, 0.2) is 6.10 Å². The molecule has 6 nitrogen and oxygen atoms in total. The van der Waals surface area contributed by atoms with E-state index < -0.39 is 29.8 Å². The summed E-state index contributed by atoms with van der Waals surface area (Å²) in [5, 5.41) is 12.2. The summed E-state index contributed by atoms with van der Waals surface area (Å²) < 4.78 is 9.51. The van der Waals surface area contributed by atoms with E-state index in [0.29, 0.717) is 12.8 Å². The third-order valence-electron chi connectivity index (χ3n) is 2.13. The number of nitrogens with one attached hydrogen (secondary N) is 1. The van der Waals surface area contributed by atoms with Crippen LogP contribution in [0.15, 0.2) is 0 Å². The first kappa shape index (κ1) is 16.7. The number of hydrogen-bond donors (Lipinski definition) is 2. The van der Waals surface area contributed by atoms with E-state index in [1.807, 2.05) is 6.92 Å². The smallest absolute Gasteiger partial charge is 0.407 e. The summed E-state index contributed by atoms with van der Waals surface area (Å²) in [7, 11) is 1.18. The SMILES string of the molecule is CCC[C@H](NC(=O)OC(C)(C)C)C(O)C(=O)OC. The number of methoxy groups -OCH3 is 1. The van der Waals surface area contributed by atoms with Gasteiger partial charge in [-0.25, -0.2) is 9.59 Å². The summed E-state index contributed by atoms with van der Waals surface area (Å²) in [6, 6.07) is -0.711. The Morgan fingerprint density at radius 2 is 1.89 bits per heavy atom. The standard InChI is InChI=1S/C12H23NO5/c1-6-7-8(9(14)10(15)17-5)13-11(16)18-12(2,3)4/h8-9,14H,6-7H2,1-5H3,(H,13,16)/t8-,9?/m0/s1. The molecule has 0 saturated carbocycles. The van der Waals surface area contributed by atoms with Crippen LogP contribution < -0.4 is 5.32 Å². The highest BCUT2D eigenvalue weighted by atomic mass is 16.6. The summed E-state index contributed by atoms with van der Waals surface area (Å²) in [5.41, 5.74) is -0.628. The number of carbonyl (C=O) groups excluding carboxylic acids is 2. The van der Waals surface area contributed by atoms with Crippen molar-refractivity contribution < 1.29 is 24.2 Å². The van der Waals surface area contributed by atoms with E-state index in [1.165, 1.54) is 7.11 Å². The second-order valence-electron chi connectivity index (χ2n) is 5.01. The van der Waals surface area contributed by atoms with Crippen LogP contribution in [0.4, 0.5) is 4.79 Å². The molecule has 2 atom stereocenters. The van der Waals surface area contributed by atoms with Crippen LogP contribution in [-0.4, -0.2) is 42.0 Å². The molecule has 0 rings (SSSR count). The van der Waals surface area contributed by atoms with Gasteiger partial charge in [-0.15, -0.1) is 0 Å². The molecule has 0 heterocycles. The molecule has 106 valence electrons. The molecule has 6 heteroatoms. The highest BCUT2D eigenvalue weighted by Gasteiger charge is 2.29. The van der Waals surface area contributed by atoms with Crippen LogP contribution in [0.1, 0.15) is 40.5 Å². The second kappa shape index (κ2) is 7.20. The van der Waals surface area contributed by atoms with Crippen molar-refractivity contribution in [2.45, 2.75) is 58.3 Å². The summed E-state index contributed by atoms with van der Waals surface area (Å²) in [6.45, 7) is 7.09. The molecule has 0 radical (unpaired) electrons. The maximum absolute atomic E-state index is 11.6. The van der Waals surface area contributed by atoms with Crippen molar-refractivity contribution in [1.82, 2.24) is 5.32 Å². The monoisotopic (exact) mass is 261 g/mol. The number of rotatable bonds is 5. The average molecular weight is 261 g/mol. The first-order chi connectivity index (χ1) is 8.21. The zero-order chi connectivity index (χ0) is 14.3. The Balaban J connectivity index is 4.53. The van der Waals surface area contributed by atoms with Gasteiger partial charge in [0, 0.05) is 0 Å². The van der Waals surface area contributed by atoms with E-state index in [2.05, 4.69) is 10.1 Å². The van der Waals surface area contributed by atoms with Gasteiger partial charge in [0.25, 0.3) is 0 Å². The molecule has 0 saturated heterocycles. The van der Waals surface area contributed by atoms with Gasteiger partial charge >= 0.3 is 12.1 Å². The lowest BCUT2D eigenvalue weighted by atomic mass is 10.1. The molecule has 0 aromatic rings. The lowest BCUT2D eigenvalue weighted by Gasteiger charge is -2.25. The molecule has 0 spiro atoms. The summed E-state index contributed by atoms with van der Waals surface area (Å²) >= 11 is 0. The van der Waals surface area contributed by atoms with Gasteiger partial charge < -0.3 is 19.9 Å². The third kappa shape index (κ3) is 6.44. The minimum absolute atomic E-state index is 0.454. The first-order valence-electron chi connectivity index (χ1n) is 5.96. The second-order valence-corrected chi connectivity index (χ2v) is 5.01. The van der Waals surface area contributed by atoms with E-state index >= 15 is 0 Å². The third-order valence-corrected chi connectivity index (χ3v) is 2.13. The Morgan fingerprint density at radius 3 is 2.28 bits per heavy atom. The molecule has 0 aromatic heterocycles. The Morgan fingerprint density at radius 1 is 1.33 bits per heavy atom. The van der Waals surface area contributed by atoms with Gasteiger partial charge in [-0.05, 0) is 27.2 Å². The lowest BCUT2D eigenvalue weighted by molar-refractivity contribution is -0.152. The highest BCUT2D eigenvalue weighted by Crippen LogP contribution is 2.09. The minimum Gasteiger partial charge on any atom is -0.467 e. The van der Waals surface area contributed by atoms with Crippen molar-refractivity contribution in [1.29, 1.82) is 0 Å². The number of aliphatic hydroxyl groups is 1. The minimum atomic E-state index is -1.39. The molecule has 0 fully saturated rings. The molecule has 18 heavy (non-hydrogen) atoms. The fourth-order valence-corrected chi connectivity index (χ4v) is 1.36. The molecule has 0 aromatic carbocycles. The Hall–Kier alpha value is -1.30. The molecular formula is C12H23NO5. The fourth-order valence-electron chi connectivity index (χ4n) is 1.36. The quantitative estimate of drug-likeness (QED) is 0.727. The van der Waals surface area contributed by atoms with Gasteiger partial charge in [0.2, 0.25) is 0 Å². The zero-order valence-electron chi connectivity index (χ0n) is 11.6. The molecular weight excluding hydrogens is 238 g/mol. The topological polar surface area (TPSA) is 84.9 Å². The molecule has 0 aliphatic heterocycles. The van der Waals surface area contributed by atoms with Crippen molar-refractivity contribution in [2.75, 3.05) is 7.11 Å². The zero-order valence-corrected chi connectivity index (χ0v) is 11.6. The number of hydrogen-bond acceptors (Lipinski definition) is 5. The van der Waals surface area contributed by atoms with Crippen LogP contribution >= 0.6 is 0 Å². The maximum Gasteiger partial charge on any atom is 0.407 e. The molecule has 0 aliphatic rings. The van der Waals surface area contributed by atoms with Gasteiger partial charge in [-0.3, -0.25) is 0 Å². The molecule has 2 N–H and O–H groups in total. The molecule has 1 amide bonds. The van der Waals surface area contributed by atoms with Crippen molar-refractivity contribution in [3.8, 4) is 0 Å². The number of aliphatic hydroxyl groups excluding tert-OH is 1. The largest absolute Gasteiger partial charge is 0.467 e. The number of esters is 1. The predicted molar refractivity (Wildman–Crippen MR) is 66.1 cm³/mol. The molecule has 0 aliphatic carbocycles. The summed E-state index contributed by atoms with van der Waals surface area (Å²) in [4.78, 5) is 22.8. The van der Waals surface area contributed by atoms with Crippen LogP contribution in [0.3, 0.4) is 0 Å². The van der Waals surface area contributed by atoms with Gasteiger partial charge in [-0.1, -0.05) is 13.3 Å². The van der Waals surface area contributed by atoms with E-state index in [9.17, 15) is 14.7 Å². The Kier molecular flexibility index (Phi) is 6.68. The summed E-state index contributed by atoms with van der Waals surface area (Å²) in [6.07, 6.45) is -0.893. The van der Waals surface area contributed by atoms with Gasteiger partial charge in [0.1, 0.15) is 5.60 Å². The van der Waals surface area contributed by atoms with E-state index in [1.54, 1.807) is 20.8 Å². The normalized spacial score (nSPS) is 14.6. The Bertz CT molecular complexity index is 285. The summed E-state index contributed by atoms with van der Waals surface area (Å²) in [5.74, 6) is -0.774. The van der Waals surface area contributed by atoms with E-state index in [-0.39, 0.29) is 0 Å². The highest BCUT2D eigenvalue weighted by molar-refractivity contribution is 5.76. The van der Waals surface area contributed by atoms with Crippen molar-refractivity contribution in [3.63, 3.8) is 0 Å². The fraction of sp³-hybridized carbons (Fsp3) is 0.833. The number of carbonyl (C=O) groups is 2. The van der Waals surface area contributed by atoms with Gasteiger partial charge in [0.05, 0.1) is 13.2 Å². The van der Waals surface area contributed by atoms with E-state index in [4.69, 9.17) is 4.74 Å². The van der Waals surface area contributed by atoms with Crippen LogP contribution in [0.25, 0.3) is 0 Å². The van der Waals surface area contributed by atoms with Crippen LogP contribution in [-0.2, 0) is 14.3 Å². The lowest BCUT2D eigenvalue weighted by Crippen LogP contribution is -2.48. The van der Waals surface area contributed by atoms with Crippen LogP contribution in [0.2, 0.25) is 0 Å². The number of alkyl carbamates (subject to hydrolysis) is 1.